The molecule has 0 unspecified atom stereocenters. The van der Waals surface area contributed by atoms with Crippen molar-refractivity contribution in [3.05, 3.63) is 117 Å². The molecule has 234 valence electrons. The average molecular weight is 732 g/mol. The van der Waals surface area contributed by atoms with E-state index in [4.69, 9.17) is 42.1 Å². The zero-order valence-corrected chi connectivity index (χ0v) is 28.8. The van der Waals surface area contributed by atoms with E-state index in [-0.39, 0.29) is 18.8 Å². The lowest BCUT2D eigenvalue weighted by molar-refractivity contribution is -0.139. The van der Waals surface area contributed by atoms with Crippen molar-refractivity contribution >= 4 is 62.5 Å². The highest BCUT2D eigenvalue weighted by Crippen LogP contribution is 2.37. The summed E-state index contributed by atoms with van der Waals surface area (Å²) in [4.78, 5) is 32.5. The van der Waals surface area contributed by atoms with E-state index in [1.165, 1.54) is 15.9 Å². The number of rotatable bonds is 10. The Morgan fingerprint density at radius 1 is 1.04 bits per heavy atom. The maximum Gasteiger partial charge on any atom is 0.338 e. The van der Waals surface area contributed by atoms with E-state index >= 15 is 0 Å². The van der Waals surface area contributed by atoms with Crippen LogP contribution in [-0.4, -0.2) is 30.9 Å². The quantitative estimate of drug-likeness (QED) is 0.166. The number of benzene rings is 3. The van der Waals surface area contributed by atoms with E-state index in [2.05, 4.69) is 20.9 Å². The van der Waals surface area contributed by atoms with Gasteiger partial charge in [0, 0.05) is 10.0 Å². The lowest BCUT2D eigenvalue weighted by Gasteiger charge is -2.24. The Morgan fingerprint density at radius 3 is 2.47 bits per heavy atom. The van der Waals surface area contributed by atoms with Crippen molar-refractivity contribution in [2.24, 2.45) is 4.99 Å². The Morgan fingerprint density at radius 2 is 1.80 bits per heavy atom. The van der Waals surface area contributed by atoms with E-state index in [0.717, 1.165) is 15.6 Å². The van der Waals surface area contributed by atoms with Gasteiger partial charge in [-0.25, -0.2) is 9.79 Å². The van der Waals surface area contributed by atoms with Crippen LogP contribution in [-0.2, 0) is 16.1 Å². The summed E-state index contributed by atoms with van der Waals surface area (Å²) >= 11 is 17.0. The third-order valence-corrected chi connectivity index (χ3v) is 9.13. The number of methoxy groups -OCH3 is 1. The molecule has 0 spiro atoms. The number of carbonyl (C=O) groups is 1. The van der Waals surface area contributed by atoms with Gasteiger partial charge < -0.3 is 18.9 Å². The van der Waals surface area contributed by atoms with Crippen molar-refractivity contribution < 1.29 is 23.7 Å². The SMILES string of the molecule is CCOC(=O)C1=C(C)N=c2s/c(=C\c3cc(Br)cc(OC)c3OCc3ccc(Cl)c(Cl)c3)c(=O)n2[C@H]1c1ccc(OCC)cc1. The van der Waals surface area contributed by atoms with E-state index < -0.39 is 12.0 Å². The van der Waals surface area contributed by atoms with Gasteiger partial charge in [0.2, 0.25) is 0 Å². The predicted octanol–water partition coefficient (Wildman–Crippen LogP) is 6.85. The fourth-order valence-electron chi connectivity index (χ4n) is 4.95. The number of carbonyl (C=O) groups excluding carboxylic acids is 1. The first-order valence-corrected chi connectivity index (χ1v) is 16.4. The number of aromatic nitrogens is 1. The van der Waals surface area contributed by atoms with Crippen LogP contribution in [0.2, 0.25) is 10.0 Å². The van der Waals surface area contributed by atoms with Crippen LogP contribution in [0.4, 0.5) is 0 Å². The molecular formula is C33H29BrCl2N2O6S. The van der Waals surface area contributed by atoms with Crippen molar-refractivity contribution in [2.45, 2.75) is 33.4 Å². The minimum Gasteiger partial charge on any atom is -0.494 e. The molecule has 8 nitrogen and oxygen atoms in total. The van der Waals surface area contributed by atoms with E-state index in [9.17, 15) is 9.59 Å². The molecule has 5 rings (SSSR count). The van der Waals surface area contributed by atoms with E-state index in [1.807, 2.05) is 43.3 Å². The second kappa shape index (κ2) is 14.2. The average Bonchev–Trinajstić information content (AvgIpc) is 3.31. The summed E-state index contributed by atoms with van der Waals surface area (Å²) in [6.45, 7) is 6.27. The normalized spacial score (nSPS) is 14.6. The van der Waals surface area contributed by atoms with Gasteiger partial charge in [-0.15, -0.1) is 0 Å². The lowest BCUT2D eigenvalue weighted by Crippen LogP contribution is -2.39. The molecule has 4 aromatic rings. The standard InChI is InChI=1S/C33H29BrCl2N2O6S/c1-5-42-23-10-8-20(9-11-23)29-28(32(40)43-6-2)18(3)37-33-38(29)31(39)27(45-33)15-21-14-22(34)16-26(41-4)30(21)44-17-19-7-12-24(35)25(36)13-19/h7-16,29H,5-6,17H2,1-4H3/b27-15-/t29-/m0/s1. The molecule has 0 saturated carbocycles. The van der Waals surface area contributed by atoms with Crippen LogP contribution < -0.4 is 29.1 Å². The number of nitrogens with zero attached hydrogens (tertiary/aromatic N) is 2. The summed E-state index contributed by atoms with van der Waals surface area (Å²) in [5.74, 6) is 1.06. The van der Waals surface area contributed by atoms with E-state index in [1.54, 1.807) is 45.2 Å². The largest absolute Gasteiger partial charge is 0.494 e. The molecule has 1 atom stereocenters. The first-order valence-electron chi connectivity index (χ1n) is 14.0. The minimum atomic E-state index is -0.749. The lowest BCUT2D eigenvalue weighted by atomic mass is 9.96. The first kappa shape index (κ1) is 32.8. The number of halogens is 3. The summed E-state index contributed by atoms with van der Waals surface area (Å²) < 4.78 is 25.5. The maximum atomic E-state index is 14.2. The number of hydrogen-bond acceptors (Lipinski definition) is 8. The Bertz CT molecular complexity index is 1970. The Kier molecular flexibility index (Phi) is 10.4. The van der Waals surface area contributed by atoms with Crippen molar-refractivity contribution in [2.75, 3.05) is 20.3 Å². The molecule has 0 aliphatic carbocycles. The molecule has 0 fully saturated rings. The smallest absolute Gasteiger partial charge is 0.338 e. The first-order chi connectivity index (χ1) is 21.6. The highest BCUT2D eigenvalue weighted by Gasteiger charge is 2.33. The third kappa shape index (κ3) is 6.99. The molecule has 2 heterocycles. The monoisotopic (exact) mass is 730 g/mol. The number of ether oxygens (including phenoxy) is 4. The van der Waals surface area contributed by atoms with Crippen LogP contribution in [0.5, 0.6) is 17.2 Å². The van der Waals surface area contributed by atoms with Crippen LogP contribution in [0.1, 0.15) is 43.5 Å². The topological polar surface area (TPSA) is 88.4 Å². The second-order valence-electron chi connectivity index (χ2n) is 9.87. The molecule has 12 heteroatoms. The predicted molar refractivity (Wildman–Crippen MR) is 179 cm³/mol. The molecule has 0 bridgehead atoms. The molecule has 1 aliphatic rings. The Hall–Kier alpha value is -3.57. The second-order valence-corrected chi connectivity index (χ2v) is 12.6. The zero-order valence-electron chi connectivity index (χ0n) is 24.9. The highest BCUT2D eigenvalue weighted by molar-refractivity contribution is 9.10. The fraction of sp³-hybridized carbons (Fsp3) is 0.242. The molecule has 1 aromatic heterocycles. The molecule has 45 heavy (non-hydrogen) atoms. The maximum absolute atomic E-state index is 14.2. The summed E-state index contributed by atoms with van der Waals surface area (Å²) in [5.41, 5.74) is 2.59. The Labute approximate surface area is 282 Å². The summed E-state index contributed by atoms with van der Waals surface area (Å²) in [5, 5.41) is 0.865. The number of esters is 1. The van der Waals surface area contributed by atoms with Gasteiger partial charge in [0.05, 0.1) is 52.2 Å². The number of thiazole rings is 1. The highest BCUT2D eigenvalue weighted by atomic mass is 79.9. The molecule has 3 aromatic carbocycles. The van der Waals surface area contributed by atoms with Gasteiger partial charge >= 0.3 is 5.97 Å². The minimum absolute atomic E-state index is 0.177. The summed E-state index contributed by atoms with van der Waals surface area (Å²) in [7, 11) is 1.54. The van der Waals surface area contributed by atoms with Crippen molar-refractivity contribution in [3.63, 3.8) is 0 Å². The van der Waals surface area contributed by atoms with Gasteiger partial charge in [-0.05, 0) is 74.4 Å². The van der Waals surface area contributed by atoms with Crippen LogP contribution in [0.25, 0.3) is 6.08 Å². The number of hydrogen-bond donors (Lipinski definition) is 0. The molecule has 0 N–H and O–H groups in total. The molecular weight excluding hydrogens is 703 g/mol. The van der Waals surface area contributed by atoms with Gasteiger partial charge in [0.15, 0.2) is 16.3 Å². The number of fused-ring (bicyclic) bond motifs is 1. The van der Waals surface area contributed by atoms with Crippen molar-refractivity contribution in [1.82, 2.24) is 4.57 Å². The van der Waals surface area contributed by atoms with Crippen LogP contribution in [0, 0.1) is 0 Å². The van der Waals surface area contributed by atoms with Crippen molar-refractivity contribution in [1.29, 1.82) is 0 Å². The van der Waals surface area contributed by atoms with Crippen molar-refractivity contribution in [3.8, 4) is 17.2 Å². The van der Waals surface area contributed by atoms with Crippen LogP contribution in [0.3, 0.4) is 0 Å². The molecule has 0 radical (unpaired) electrons. The van der Waals surface area contributed by atoms with Crippen LogP contribution in [0.15, 0.2) is 80.1 Å². The zero-order chi connectivity index (χ0) is 32.2. The van der Waals surface area contributed by atoms with Gasteiger partial charge in [0.25, 0.3) is 5.56 Å². The number of allylic oxidation sites excluding steroid dienone is 1. The van der Waals surface area contributed by atoms with Gasteiger partial charge in [0.1, 0.15) is 12.4 Å². The Balaban J connectivity index is 1.64. The molecule has 1 aliphatic heterocycles. The van der Waals surface area contributed by atoms with Gasteiger partial charge in [-0.2, -0.15) is 0 Å². The van der Waals surface area contributed by atoms with Gasteiger partial charge in [-0.3, -0.25) is 9.36 Å². The van der Waals surface area contributed by atoms with Gasteiger partial charge in [-0.1, -0.05) is 68.7 Å². The summed E-state index contributed by atoms with van der Waals surface area (Å²) in [6.07, 6.45) is 1.74. The summed E-state index contributed by atoms with van der Waals surface area (Å²) in [6, 6.07) is 15.5. The van der Waals surface area contributed by atoms with Crippen LogP contribution >= 0.6 is 50.5 Å². The molecule has 0 amide bonds. The van der Waals surface area contributed by atoms with E-state index in [0.29, 0.717) is 60.1 Å². The molecule has 0 saturated heterocycles. The fourth-order valence-corrected chi connectivity index (χ4v) is 6.76. The third-order valence-electron chi connectivity index (χ3n) is 6.95.